The fourth-order valence-electron chi connectivity index (χ4n) is 2.96. The molecule has 2 saturated heterocycles. The number of cyclic esters (lactones) is 2. The predicted octanol–water partition coefficient (Wildman–Crippen LogP) is 2.09. The van der Waals surface area contributed by atoms with Crippen LogP contribution in [-0.2, 0) is 14.3 Å². The van der Waals surface area contributed by atoms with Gasteiger partial charge >= 0.3 is 11.9 Å². The van der Waals surface area contributed by atoms with Gasteiger partial charge in [-0.2, -0.15) is 0 Å². The summed E-state index contributed by atoms with van der Waals surface area (Å²) in [6.07, 6.45) is 7.70. The predicted molar refractivity (Wildman–Crippen MR) is 76.8 cm³/mol. The maximum Gasteiger partial charge on any atom is 0.321 e. The average molecular weight is 275 g/mol. The lowest BCUT2D eigenvalue weighted by Crippen LogP contribution is -2.38. The molecule has 0 saturated carbocycles. The number of allylic oxidation sites excluding steroid dienone is 3. The normalized spacial score (nSPS) is 34.6. The van der Waals surface area contributed by atoms with E-state index in [1.165, 1.54) is 0 Å². The Labute approximate surface area is 119 Å². The van der Waals surface area contributed by atoms with Gasteiger partial charge in [0.2, 0.25) is 0 Å². The summed E-state index contributed by atoms with van der Waals surface area (Å²) in [4.78, 5) is 26.0. The van der Waals surface area contributed by atoms with Crippen molar-refractivity contribution in [1.82, 2.24) is 4.90 Å². The molecule has 0 aliphatic carbocycles. The maximum atomic E-state index is 12.0. The number of hydrogen-bond donors (Lipinski definition) is 0. The minimum atomic E-state index is -0.739. The number of esters is 2. The van der Waals surface area contributed by atoms with Crippen LogP contribution in [0.5, 0.6) is 0 Å². The minimum Gasteiger partial charge on any atom is -0.392 e. The van der Waals surface area contributed by atoms with Gasteiger partial charge in [0.15, 0.2) is 0 Å². The van der Waals surface area contributed by atoms with E-state index in [1.807, 2.05) is 39.0 Å². The number of ether oxygens (including phenoxy) is 1. The van der Waals surface area contributed by atoms with Gasteiger partial charge in [-0.3, -0.25) is 14.5 Å². The molecule has 108 valence electrons. The molecule has 4 heteroatoms. The number of fused-ring (bicyclic) bond motifs is 1. The quantitative estimate of drug-likeness (QED) is 0.448. The second-order valence-corrected chi connectivity index (χ2v) is 5.96. The largest absolute Gasteiger partial charge is 0.392 e. The van der Waals surface area contributed by atoms with E-state index in [-0.39, 0.29) is 0 Å². The van der Waals surface area contributed by atoms with E-state index in [9.17, 15) is 9.59 Å². The van der Waals surface area contributed by atoms with E-state index >= 15 is 0 Å². The Morgan fingerprint density at radius 2 is 1.85 bits per heavy atom. The monoisotopic (exact) mass is 275 g/mol. The first-order chi connectivity index (χ1) is 9.37. The Bertz CT molecular complexity index is 492. The van der Waals surface area contributed by atoms with Crippen LogP contribution < -0.4 is 0 Å². The van der Waals surface area contributed by atoms with Crippen molar-refractivity contribution in [3.63, 3.8) is 0 Å². The molecule has 0 radical (unpaired) electrons. The third-order valence-electron chi connectivity index (χ3n) is 4.56. The average Bonchev–Trinajstić information content (AvgIpc) is 2.75. The number of nitrogens with zero attached hydrogens (tertiary/aromatic N) is 1. The molecule has 2 aliphatic rings. The molecule has 0 spiro atoms. The first-order valence-corrected chi connectivity index (χ1v) is 6.81. The number of rotatable bonds is 4. The fraction of sp³-hybridized carbons (Fsp3) is 0.500. The van der Waals surface area contributed by atoms with Crippen LogP contribution in [0.1, 0.15) is 20.8 Å². The summed E-state index contributed by atoms with van der Waals surface area (Å²) in [6, 6.07) is 0. The van der Waals surface area contributed by atoms with Gasteiger partial charge in [-0.05, 0) is 26.3 Å². The van der Waals surface area contributed by atoms with Crippen molar-refractivity contribution in [2.75, 3.05) is 19.6 Å². The van der Waals surface area contributed by atoms with Crippen molar-refractivity contribution < 1.29 is 14.3 Å². The van der Waals surface area contributed by atoms with E-state index in [2.05, 4.69) is 11.5 Å². The van der Waals surface area contributed by atoms with Crippen LogP contribution in [0.25, 0.3) is 0 Å². The summed E-state index contributed by atoms with van der Waals surface area (Å²) < 4.78 is 4.83. The fourth-order valence-corrected chi connectivity index (χ4v) is 2.96. The summed E-state index contributed by atoms with van der Waals surface area (Å²) in [5, 5.41) is 0. The Balaban J connectivity index is 2.18. The molecule has 2 aliphatic heterocycles. The molecule has 0 bridgehead atoms. The van der Waals surface area contributed by atoms with E-state index in [4.69, 9.17) is 4.74 Å². The molecule has 2 atom stereocenters. The topological polar surface area (TPSA) is 46.6 Å². The van der Waals surface area contributed by atoms with Crippen molar-refractivity contribution in [2.45, 2.75) is 20.8 Å². The Kier molecular flexibility index (Phi) is 3.69. The number of carbonyl (C=O) groups excluding carboxylic acids is 2. The Hall–Kier alpha value is -1.68. The molecule has 2 unspecified atom stereocenters. The number of likely N-dealkylation sites (tertiary alicyclic amines) is 1. The zero-order chi connectivity index (χ0) is 15.0. The van der Waals surface area contributed by atoms with Crippen molar-refractivity contribution in [3.8, 4) is 0 Å². The third-order valence-corrected chi connectivity index (χ3v) is 4.56. The van der Waals surface area contributed by atoms with E-state index in [0.717, 1.165) is 5.57 Å². The molecule has 0 aromatic carbocycles. The first-order valence-electron chi connectivity index (χ1n) is 6.81. The highest BCUT2D eigenvalue weighted by Crippen LogP contribution is 2.52. The van der Waals surface area contributed by atoms with E-state index in [1.54, 1.807) is 6.08 Å². The van der Waals surface area contributed by atoms with Crippen LogP contribution in [0.15, 0.2) is 36.5 Å². The molecule has 20 heavy (non-hydrogen) atoms. The highest BCUT2D eigenvalue weighted by Gasteiger charge is 2.67. The summed E-state index contributed by atoms with van der Waals surface area (Å²) in [5.41, 5.74) is -0.412. The van der Waals surface area contributed by atoms with Crippen LogP contribution in [0.3, 0.4) is 0 Å². The summed E-state index contributed by atoms with van der Waals surface area (Å²) in [7, 11) is 0. The highest BCUT2D eigenvalue weighted by molar-refractivity contribution is 6.02. The molecule has 2 fully saturated rings. The van der Waals surface area contributed by atoms with Gasteiger partial charge in [-0.25, -0.2) is 0 Å². The van der Waals surface area contributed by atoms with Crippen molar-refractivity contribution >= 4 is 11.9 Å². The zero-order valence-corrected chi connectivity index (χ0v) is 12.3. The SMILES string of the molecule is C=C/C(=C\C=C/C)CN1CC2(C)C(=O)OC(=O)C2(C)C1. The lowest BCUT2D eigenvalue weighted by atomic mass is 9.70. The van der Waals surface area contributed by atoms with Gasteiger partial charge in [-0.15, -0.1) is 0 Å². The van der Waals surface area contributed by atoms with E-state index in [0.29, 0.717) is 19.6 Å². The van der Waals surface area contributed by atoms with Crippen LogP contribution in [-0.4, -0.2) is 36.5 Å². The van der Waals surface area contributed by atoms with Crippen LogP contribution >= 0.6 is 0 Å². The standard InChI is InChI=1S/C16H21NO3/c1-5-7-8-12(6-2)9-17-10-15(3)13(18)20-14(19)16(15,4)11-17/h5-8H,2,9-11H2,1,3-4H3/b7-5-,12-8+. The second kappa shape index (κ2) is 5.02. The molecule has 2 rings (SSSR count). The summed E-state index contributed by atoms with van der Waals surface area (Å²) >= 11 is 0. The number of hydrogen-bond acceptors (Lipinski definition) is 4. The molecule has 0 amide bonds. The van der Waals surface area contributed by atoms with Gasteiger partial charge in [0.25, 0.3) is 0 Å². The lowest BCUT2D eigenvalue weighted by Gasteiger charge is -2.24. The molecular weight excluding hydrogens is 254 g/mol. The Morgan fingerprint density at radius 1 is 1.30 bits per heavy atom. The van der Waals surface area contributed by atoms with Crippen LogP contribution in [0.2, 0.25) is 0 Å². The van der Waals surface area contributed by atoms with Gasteiger partial charge in [0.05, 0.1) is 10.8 Å². The molecule has 0 aromatic heterocycles. The van der Waals surface area contributed by atoms with E-state index < -0.39 is 22.8 Å². The van der Waals surface area contributed by atoms with Gasteiger partial charge in [0, 0.05) is 19.6 Å². The lowest BCUT2D eigenvalue weighted by molar-refractivity contribution is -0.156. The minimum absolute atomic E-state index is 0.398. The molecular formula is C16H21NO3. The molecule has 0 aromatic rings. The number of carbonyl (C=O) groups is 2. The second-order valence-electron chi connectivity index (χ2n) is 5.96. The zero-order valence-electron chi connectivity index (χ0n) is 12.3. The highest BCUT2D eigenvalue weighted by atomic mass is 16.6. The van der Waals surface area contributed by atoms with Crippen LogP contribution in [0, 0.1) is 10.8 Å². The molecule has 0 N–H and O–H groups in total. The van der Waals surface area contributed by atoms with Crippen LogP contribution in [0.4, 0.5) is 0 Å². The molecule has 4 nitrogen and oxygen atoms in total. The van der Waals surface area contributed by atoms with Crippen molar-refractivity contribution in [1.29, 1.82) is 0 Å². The summed E-state index contributed by atoms with van der Waals surface area (Å²) in [5.74, 6) is -0.796. The van der Waals surface area contributed by atoms with Gasteiger partial charge in [-0.1, -0.05) is 30.9 Å². The van der Waals surface area contributed by atoms with Crippen molar-refractivity contribution in [2.24, 2.45) is 10.8 Å². The summed E-state index contributed by atoms with van der Waals surface area (Å²) in [6.45, 7) is 11.2. The maximum absolute atomic E-state index is 12.0. The van der Waals surface area contributed by atoms with Crippen molar-refractivity contribution in [3.05, 3.63) is 36.5 Å². The molecule has 2 heterocycles. The van der Waals surface area contributed by atoms with Gasteiger partial charge in [0.1, 0.15) is 0 Å². The Morgan fingerprint density at radius 3 is 2.30 bits per heavy atom. The third kappa shape index (κ3) is 2.04. The first kappa shape index (κ1) is 14.7. The van der Waals surface area contributed by atoms with Gasteiger partial charge < -0.3 is 4.74 Å². The smallest absolute Gasteiger partial charge is 0.321 e.